The Morgan fingerprint density at radius 2 is 1.58 bits per heavy atom. The van der Waals surface area contributed by atoms with Crippen LogP contribution in [0.3, 0.4) is 0 Å². The minimum Gasteiger partial charge on any atom is -0.280 e. The number of alkyl halides is 1. The predicted molar refractivity (Wildman–Crippen MR) is 76.3 cm³/mol. The van der Waals surface area contributed by atoms with E-state index in [9.17, 15) is 12.8 Å². The first-order chi connectivity index (χ1) is 9.01. The lowest BCUT2D eigenvalue weighted by Crippen LogP contribution is -2.12. The molecule has 2 aromatic rings. The van der Waals surface area contributed by atoms with Crippen LogP contribution in [0.25, 0.3) is 0 Å². The fourth-order valence-corrected chi connectivity index (χ4v) is 2.92. The van der Waals surface area contributed by atoms with E-state index in [1.807, 2.05) is 12.1 Å². The van der Waals surface area contributed by atoms with Crippen molar-refractivity contribution in [2.75, 3.05) is 4.72 Å². The largest absolute Gasteiger partial charge is 0.280 e. The minimum absolute atomic E-state index is 0.0264. The maximum Gasteiger partial charge on any atom is 0.261 e. The zero-order valence-electron chi connectivity index (χ0n) is 9.81. The van der Waals surface area contributed by atoms with Crippen LogP contribution in [0, 0.1) is 5.82 Å². The van der Waals surface area contributed by atoms with Gasteiger partial charge in [0.15, 0.2) is 0 Å². The molecule has 0 aromatic heterocycles. The van der Waals surface area contributed by atoms with Crippen LogP contribution in [0.4, 0.5) is 10.1 Å². The summed E-state index contributed by atoms with van der Waals surface area (Å²) in [4.78, 5) is 0.0264. The highest BCUT2D eigenvalue weighted by Gasteiger charge is 2.13. The van der Waals surface area contributed by atoms with Gasteiger partial charge in [0.1, 0.15) is 5.82 Å². The van der Waals surface area contributed by atoms with Crippen molar-refractivity contribution in [2.45, 2.75) is 10.2 Å². The number of benzene rings is 2. The van der Waals surface area contributed by atoms with Gasteiger partial charge in [0, 0.05) is 11.0 Å². The number of halogens is 2. The molecule has 2 aromatic carbocycles. The predicted octanol–water partition coefficient (Wildman–Crippen LogP) is 3.52. The van der Waals surface area contributed by atoms with E-state index >= 15 is 0 Å². The highest BCUT2D eigenvalue weighted by atomic mass is 79.9. The first-order valence-electron chi connectivity index (χ1n) is 5.44. The first kappa shape index (κ1) is 14.0. The highest BCUT2D eigenvalue weighted by Crippen LogP contribution is 2.17. The van der Waals surface area contributed by atoms with Gasteiger partial charge in [-0.25, -0.2) is 12.8 Å². The molecule has 2 rings (SSSR count). The molecular weight excluding hydrogens is 333 g/mol. The summed E-state index contributed by atoms with van der Waals surface area (Å²) in [5.41, 5.74) is 1.51. The van der Waals surface area contributed by atoms with Gasteiger partial charge in [-0.3, -0.25) is 4.72 Å². The smallest absolute Gasteiger partial charge is 0.261 e. The molecule has 0 saturated heterocycles. The molecule has 1 N–H and O–H groups in total. The Labute approximate surface area is 119 Å². The van der Waals surface area contributed by atoms with Crippen LogP contribution < -0.4 is 4.72 Å². The van der Waals surface area contributed by atoms with Crippen molar-refractivity contribution in [3.63, 3.8) is 0 Å². The first-order valence-corrected chi connectivity index (χ1v) is 8.05. The van der Waals surface area contributed by atoms with E-state index in [2.05, 4.69) is 20.7 Å². The van der Waals surface area contributed by atoms with E-state index in [1.54, 1.807) is 12.1 Å². The summed E-state index contributed by atoms with van der Waals surface area (Å²) in [6, 6.07) is 11.7. The van der Waals surface area contributed by atoms with Crippen molar-refractivity contribution < 1.29 is 12.8 Å². The van der Waals surface area contributed by atoms with Crippen molar-refractivity contribution in [2.24, 2.45) is 0 Å². The van der Waals surface area contributed by atoms with Crippen LogP contribution in [0.15, 0.2) is 53.4 Å². The number of nitrogens with one attached hydrogen (secondary N) is 1. The quantitative estimate of drug-likeness (QED) is 0.863. The molecule has 19 heavy (non-hydrogen) atoms. The second-order valence-corrected chi connectivity index (χ2v) is 6.13. The molecule has 0 radical (unpaired) electrons. The average molecular weight is 344 g/mol. The van der Waals surface area contributed by atoms with E-state index in [1.165, 1.54) is 12.1 Å². The van der Waals surface area contributed by atoms with E-state index in [0.29, 0.717) is 11.0 Å². The molecule has 0 unspecified atom stereocenters. The molecule has 0 heterocycles. The molecule has 0 bridgehead atoms. The summed E-state index contributed by atoms with van der Waals surface area (Å²) in [6.07, 6.45) is 0. The van der Waals surface area contributed by atoms with Crippen LogP contribution in [-0.2, 0) is 15.4 Å². The topological polar surface area (TPSA) is 46.2 Å². The number of hydrogen-bond acceptors (Lipinski definition) is 2. The zero-order chi connectivity index (χ0) is 13.9. The monoisotopic (exact) mass is 343 g/mol. The second kappa shape index (κ2) is 5.71. The summed E-state index contributed by atoms with van der Waals surface area (Å²) in [5, 5.41) is 0.706. The van der Waals surface area contributed by atoms with Crippen LogP contribution >= 0.6 is 15.9 Å². The van der Waals surface area contributed by atoms with Gasteiger partial charge in [-0.1, -0.05) is 28.1 Å². The van der Waals surface area contributed by atoms with Crippen LogP contribution in [0.5, 0.6) is 0 Å². The number of hydrogen-bond donors (Lipinski definition) is 1. The number of sulfonamides is 1. The Morgan fingerprint density at radius 1 is 1.00 bits per heavy atom. The highest BCUT2D eigenvalue weighted by molar-refractivity contribution is 9.08. The molecule has 100 valence electrons. The normalized spacial score (nSPS) is 11.3. The second-order valence-electron chi connectivity index (χ2n) is 3.89. The van der Waals surface area contributed by atoms with Gasteiger partial charge < -0.3 is 0 Å². The third kappa shape index (κ3) is 3.54. The Morgan fingerprint density at radius 3 is 2.11 bits per heavy atom. The molecule has 0 fully saturated rings. The van der Waals surface area contributed by atoms with Gasteiger partial charge in [-0.15, -0.1) is 0 Å². The number of anilines is 1. The van der Waals surface area contributed by atoms with Gasteiger partial charge in [-0.2, -0.15) is 0 Å². The van der Waals surface area contributed by atoms with Crippen molar-refractivity contribution >= 4 is 31.6 Å². The Bertz CT molecular complexity index is 654. The standard InChI is InChI=1S/C13H11BrFNO2S/c14-9-10-1-5-12(6-2-10)16-19(17,18)13-7-3-11(15)4-8-13/h1-8,16H,9H2. The number of rotatable bonds is 4. The van der Waals surface area contributed by atoms with E-state index in [4.69, 9.17) is 0 Å². The Balaban J connectivity index is 2.23. The summed E-state index contributed by atoms with van der Waals surface area (Å²) in [7, 11) is -3.68. The summed E-state index contributed by atoms with van der Waals surface area (Å²) in [5.74, 6) is -0.472. The molecule has 0 aliphatic rings. The van der Waals surface area contributed by atoms with Crippen molar-refractivity contribution in [3.05, 3.63) is 59.9 Å². The Kier molecular flexibility index (Phi) is 4.21. The lowest BCUT2D eigenvalue weighted by atomic mass is 10.2. The SMILES string of the molecule is O=S(=O)(Nc1ccc(CBr)cc1)c1ccc(F)cc1. The molecule has 0 amide bonds. The summed E-state index contributed by atoms with van der Waals surface area (Å²) >= 11 is 3.31. The molecule has 0 saturated carbocycles. The van der Waals surface area contributed by atoms with Crippen LogP contribution in [-0.4, -0.2) is 8.42 Å². The van der Waals surface area contributed by atoms with Gasteiger partial charge in [0.05, 0.1) is 4.90 Å². The van der Waals surface area contributed by atoms with E-state index in [-0.39, 0.29) is 4.90 Å². The van der Waals surface area contributed by atoms with E-state index in [0.717, 1.165) is 17.7 Å². The van der Waals surface area contributed by atoms with Crippen molar-refractivity contribution in [3.8, 4) is 0 Å². The zero-order valence-corrected chi connectivity index (χ0v) is 12.2. The van der Waals surface area contributed by atoms with Crippen molar-refractivity contribution in [1.29, 1.82) is 0 Å². The molecular formula is C13H11BrFNO2S. The molecule has 3 nitrogen and oxygen atoms in total. The van der Waals surface area contributed by atoms with Gasteiger partial charge in [0.2, 0.25) is 0 Å². The van der Waals surface area contributed by atoms with Gasteiger partial charge in [0.25, 0.3) is 10.0 Å². The Hall–Kier alpha value is -1.40. The van der Waals surface area contributed by atoms with Crippen LogP contribution in [0.1, 0.15) is 5.56 Å². The molecule has 0 atom stereocenters. The third-order valence-corrected chi connectivity index (χ3v) is 4.53. The summed E-state index contributed by atoms with van der Waals surface area (Å²) in [6.45, 7) is 0. The summed E-state index contributed by atoms with van der Waals surface area (Å²) < 4.78 is 39.3. The maximum atomic E-state index is 12.8. The van der Waals surface area contributed by atoms with Gasteiger partial charge in [-0.05, 0) is 42.0 Å². The third-order valence-electron chi connectivity index (χ3n) is 2.48. The molecule has 0 aliphatic carbocycles. The fourth-order valence-electron chi connectivity index (χ4n) is 1.49. The van der Waals surface area contributed by atoms with Crippen molar-refractivity contribution in [1.82, 2.24) is 0 Å². The van der Waals surface area contributed by atoms with Crippen LogP contribution in [0.2, 0.25) is 0 Å². The molecule has 0 spiro atoms. The average Bonchev–Trinajstić information content (AvgIpc) is 2.40. The lowest BCUT2D eigenvalue weighted by molar-refractivity contribution is 0.599. The lowest BCUT2D eigenvalue weighted by Gasteiger charge is -2.08. The van der Waals surface area contributed by atoms with E-state index < -0.39 is 15.8 Å². The molecule has 6 heteroatoms. The van der Waals surface area contributed by atoms with Gasteiger partial charge >= 0.3 is 0 Å². The maximum absolute atomic E-state index is 12.8. The molecule has 0 aliphatic heterocycles. The fraction of sp³-hybridized carbons (Fsp3) is 0.0769. The minimum atomic E-state index is -3.68.